The Kier molecular flexibility index (Phi) is 4.41. The maximum absolute atomic E-state index is 3.75. The van der Waals surface area contributed by atoms with Crippen LogP contribution in [0.2, 0.25) is 0 Å². The van der Waals surface area contributed by atoms with Gasteiger partial charge in [-0.05, 0) is 37.3 Å². The summed E-state index contributed by atoms with van der Waals surface area (Å²) in [5, 5.41) is 5.11. The van der Waals surface area contributed by atoms with Crippen molar-refractivity contribution in [1.82, 2.24) is 10.3 Å². The van der Waals surface area contributed by atoms with E-state index in [1.54, 1.807) is 0 Å². The summed E-state index contributed by atoms with van der Waals surface area (Å²) in [5.41, 5.74) is 2.63. The molecule has 0 aliphatic heterocycles. The van der Waals surface area contributed by atoms with Crippen molar-refractivity contribution < 1.29 is 0 Å². The van der Waals surface area contributed by atoms with Gasteiger partial charge in [0, 0.05) is 29.7 Å². The molecule has 1 saturated carbocycles. The highest BCUT2D eigenvalue weighted by atomic mass is 14.9. The summed E-state index contributed by atoms with van der Waals surface area (Å²) in [4.78, 5) is 3.36. The molecular formula is C18H26N2. The van der Waals surface area contributed by atoms with E-state index in [1.807, 2.05) is 0 Å². The predicted molar refractivity (Wildman–Crippen MR) is 85.8 cm³/mol. The number of rotatable bonds is 4. The van der Waals surface area contributed by atoms with Gasteiger partial charge in [-0.3, -0.25) is 0 Å². The van der Waals surface area contributed by atoms with Gasteiger partial charge in [-0.15, -0.1) is 0 Å². The second kappa shape index (κ2) is 6.45. The van der Waals surface area contributed by atoms with Crippen LogP contribution in [-0.2, 0) is 6.54 Å². The minimum atomic E-state index is 0.627. The van der Waals surface area contributed by atoms with Crippen molar-refractivity contribution >= 4 is 10.9 Å². The molecule has 1 aromatic heterocycles. The van der Waals surface area contributed by atoms with Gasteiger partial charge in [0.15, 0.2) is 0 Å². The first-order valence-corrected chi connectivity index (χ1v) is 8.13. The molecule has 1 atom stereocenters. The largest absolute Gasteiger partial charge is 0.361 e. The number of hydrogen-bond acceptors (Lipinski definition) is 1. The molecule has 2 N–H and O–H groups in total. The first kappa shape index (κ1) is 13.7. The first-order chi connectivity index (χ1) is 9.84. The Morgan fingerprint density at radius 1 is 1.15 bits per heavy atom. The summed E-state index contributed by atoms with van der Waals surface area (Å²) in [7, 11) is 0. The smallest absolute Gasteiger partial charge is 0.0457 e. The van der Waals surface area contributed by atoms with E-state index in [-0.39, 0.29) is 0 Å². The molecule has 1 aliphatic carbocycles. The number of aromatic amines is 1. The minimum Gasteiger partial charge on any atom is -0.361 e. The Morgan fingerprint density at radius 3 is 2.70 bits per heavy atom. The molecule has 0 radical (unpaired) electrons. The number of aromatic nitrogens is 1. The van der Waals surface area contributed by atoms with E-state index < -0.39 is 0 Å². The summed E-state index contributed by atoms with van der Waals surface area (Å²) in [6.45, 7) is 3.34. The summed E-state index contributed by atoms with van der Waals surface area (Å²) in [6.07, 6.45) is 10.7. The monoisotopic (exact) mass is 270 g/mol. The molecule has 20 heavy (non-hydrogen) atoms. The zero-order valence-corrected chi connectivity index (χ0v) is 12.5. The summed E-state index contributed by atoms with van der Waals surface area (Å²) < 4.78 is 0. The van der Waals surface area contributed by atoms with Crippen LogP contribution in [-0.4, -0.2) is 11.0 Å². The third-order valence-electron chi connectivity index (χ3n) is 4.90. The lowest BCUT2D eigenvalue weighted by Crippen LogP contribution is -2.32. The Hall–Kier alpha value is -1.28. The van der Waals surface area contributed by atoms with Crippen LogP contribution in [0.15, 0.2) is 30.5 Å². The van der Waals surface area contributed by atoms with E-state index in [0.717, 1.165) is 12.5 Å². The van der Waals surface area contributed by atoms with Gasteiger partial charge in [0.25, 0.3) is 0 Å². The van der Waals surface area contributed by atoms with Crippen LogP contribution in [0.4, 0.5) is 0 Å². The standard InChI is InChI=1S/C18H26N2/c1-14(15-8-4-2-3-5-9-15)19-12-16-13-20-18-11-7-6-10-17(16)18/h6-7,10-11,13-15,19-20H,2-5,8-9,12H2,1H3/t14-/m0/s1. The molecule has 1 fully saturated rings. The van der Waals surface area contributed by atoms with Crippen LogP contribution in [0.25, 0.3) is 10.9 Å². The van der Waals surface area contributed by atoms with Gasteiger partial charge < -0.3 is 10.3 Å². The summed E-state index contributed by atoms with van der Waals surface area (Å²) in [5.74, 6) is 0.864. The van der Waals surface area contributed by atoms with Gasteiger partial charge in [0.2, 0.25) is 0 Å². The number of fused-ring (bicyclic) bond motifs is 1. The van der Waals surface area contributed by atoms with Crippen LogP contribution in [0.1, 0.15) is 51.0 Å². The van der Waals surface area contributed by atoms with Gasteiger partial charge in [-0.2, -0.15) is 0 Å². The molecule has 0 saturated heterocycles. The highest BCUT2D eigenvalue weighted by Gasteiger charge is 2.18. The van der Waals surface area contributed by atoms with Gasteiger partial charge in [-0.1, -0.05) is 43.9 Å². The maximum Gasteiger partial charge on any atom is 0.0457 e. The highest BCUT2D eigenvalue weighted by Crippen LogP contribution is 2.26. The minimum absolute atomic E-state index is 0.627. The van der Waals surface area contributed by atoms with E-state index in [2.05, 4.69) is 47.7 Å². The van der Waals surface area contributed by atoms with Crippen molar-refractivity contribution in [2.24, 2.45) is 5.92 Å². The van der Waals surface area contributed by atoms with Gasteiger partial charge in [0.05, 0.1) is 0 Å². The van der Waals surface area contributed by atoms with Crippen LogP contribution < -0.4 is 5.32 Å². The average molecular weight is 270 g/mol. The molecule has 0 amide bonds. The molecule has 1 heterocycles. The number of H-pyrrole nitrogens is 1. The Balaban J connectivity index is 1.60. The van der Waals surface area contributed by atoms with Crippen LogP contribution in [0.3, 0.4) is 0 Å². The highest BCUT2D eigenvalue weighted by molar-refractivity contribution is 5.82. The molecular weight excluding hydrogens is 244 g/mol. The molecule has 2 heteroatoms. The number of hydrogen-bond donors (Lipinski definition) is 2. The summed E-state index contributed by atoms with van der Waals surface area (Å²) >= 11 is 0. The Morgan fingerprint density at radius 2 is 1.90 bits per heavy atom. The van der Waals surface area contributed by atoms with Gasteiger partial charge in [-0.25, -0.2) is 0 Å². The molecule has 3 rings (SSSR count). The zero-order chi connectivity index (χ0) is 13.8. The Labute approximate surface area is 122 Å². The van der Waals surface area contributed by atoms with Crippen molar-refractivity contribution in [2.45, 2.75) is 58.0 Å². The SMILES string of the molecule is C[C@H](NCc1c[nH]c2ccccc12)C1CCCCCC1. The molecule has 0 unspecified atom stereocenters. The summed E-state index contributed by atoms with van der Waals surface area (Å²) in [6, 6.07) is 9.19. The van der Waals surface area contributed by atoms with Crippen molar-refractivity contribution in [3.8, 4) is 0 Å². The number of para-hydroxylation sites is 1. The lowest BCUT2D eigenvalue weighted by Gasteiger charge is -2.23. The lowest BCUT2D eigenvalue weighted by atomic mass is 9.93. The number of nitrogens with one attached hydrogen (secondary N) is 2. The van der Waals surface area contributed by atoms with E-state index in [0.29, 0.717) is 6.04 Å². The average Bonchev–Trinajstić information content (AvgIpc) is 2.70. The van der Waals surface area contributed by atoms with Gasteiger partial charge >= 0.3 is 0 Å². The van der Waals surface area contributed by atoms with Crippen LogP contribution in [0.5, 0.6) is 0 Å². The molecule has 1 aliphatic rings. The van der Waals surface area contributed by atoms with E-state index in [9.17, 15) is 0 Å². The molecule has 0 bridgehead atoms. The van der Waals surface area contributed by atoms with E-state index in [1.165, 1.54) is 55.0 Å². The van der Waals surface area contributed by atoms with Crippen molar-refractivity contribution in [3.05, 3.63) is 36.0 Å². The fourth-order valence-electron chi connectivity index (χ4n) is 3.53. The topological polar surface area (TPSA) is 27.8 Å². The van der Waals surface area contributed by atoms with Crippen LogP contribution >= 0.6 is 0 Å². The van der Waals surface area contributed by atoms with E-state index in [4.69, 9.17) is 0 Å². The first-order valence-electron chi connectivity index (χ1n) is 8.13. The van der Waals surface area contributed by atoms with Crippen molar-refractivity contribution in [1.29, 1.82) is 0 Å². The predicted octanol–water partition coefficient (Wildman–Crippen LogP) is 4.62. The Bertz CT molecular complexity index is 535. The third kappa shape index (κ3) is 3.06. The van der Waals surface area contributed by atoms with E-state index >= 15 is 0 Å². The second-order valence-electron chi connectivity index (χ2n) is 6.28. The molecule has 2 nitrogen and oxygen atoms in total. The molecule has 1 aromatic carbocycles. The second-order valence-corrected chi connectivity index (χ2v) is 6.28. The van der Waals surface area contributed by atoms with Crippen molar-refractivity contribution in [2.75, 3.05) is 0 Å². The lowest BCUT2D eigenvalue weighted by molar-refractivity contribution is 0.337. The fraction of sp³-hybridized carbons (Fsp3) is 0.556. The van der Waals surface area contributed by atoms with Crippen LogP contribution in [0, 0.1) is 5.92 Å². The zero-order valence-electron chi connectivity index (χ0n) is 12.5. The van der Waals surface area contributed by atoms with Gasteiger partial charge in [0.1, 0.15) is 0 Å². The normalized spacial score (nSPS) is 19.1. The molecule has 0 spiro atoms. The molecule has 108 valence electrons. The molecule has 2 aromatic rings. The van der Waals surface area contributed by atoms with Crippen molar-refractivity contribution in [3.63, 3.8) is 0 Å². The maximum atomic E-state index is 3.75. The number of benzene rings is 1. The fourth-order valence-corrected chi connectivity index (χ4v) is 3.53. The quantitative estimate of drug-likeness (QED) is 0.780. The third-order valence-corrected chi connectivity index (χ3v) is 4.90.